The van der Waals surface area contributed by atoms with Crippen LogP contribution in [0.5, 0.6) is 0 Å². The Balaban J connectivity index is 1.91. The van der Waals surface area contributed by atoms with Gasteiger partial charge in [-0.05, 0) is 31.4 Å². The quantitative estimate of drug-likeness (QED) is 0.817. The number of carbonyl (C=O) groups is 3. The number of carboxylic acids is 1. The average molecular weight is 280 g/mol. The Labute approximate surface area is 115 Å². The first-order chi connectivity index (χ1) is 9.44. The van der Waals surface area contributed by atoms with E-state index in [1.807, 2.05) is 0 Å². The van der Waals surface area contributed by atoms with Gasteiger partial charge in [-0.15, -0.1) is 0 Å². The molecule has 0 atom stereocenters. The van der Waals surface area contributed by atoms with Gasteiger partial charge in [0, 0.05) is 7.05 Å². The second-order valence-electron chi connectivity index (χ2n) is 4.93. The lowest BCUT2D eigenvalue weighted by Crippen LogP contribution is -2.60. The highest BCUT2D eigenvalue weighted by atomic mass is 16.4. The predicted octanol–water partition coefficient (Wildman–Crippen LogP) is 0.475. The second kappa shape index (κ2) is 5.36. The smallest absolute Gasteiger partial charge is 0.329 e. The zero-order chi connectivity index (χ0) is 14.8. The van der Waals surface area contributed by atoms with Gasteiger partial charge in [0.1, 0.15) is 5.54 Å². The van der Waals surface area contributed by atoms with E-state index in [0.29, 0.717) is 12.8 Å². The number of hydrogen-bond acceptors (Lipinski definition) is 4. The van der Waals surface area contributed by atoms with Gasteiger partial charge in [0.05, 0.1) is 12.8 Å². The Bertz CT molecular complexity index is 519. The molecule has 2 rings (SSSR count). The Hall–Kier alpha value is -2.31. The number of aliphatic carboxylic acids is 1. The molecule has 1 aromatic rings. The monoisotopic (exact) mass is 280 g/mol. The minimum atomic E-state index is -1.16. The zero-order valence-corrected chi connectivity index (χ0v) is 11.1. The van der Waals surface area contributed by atoms with Crippen LogP contribution in [0.2, 0.25) is 0 Å². The molecule has 1 saturated carbocycles. The number of nitrogens with one attached hydrogen (secondary N) is 1. The Morgan fingerprint density at radius 1 is 1.45 bits per heavy atom. The molecule has 0 saturated heterocycles. The van der Waals surface area contributed by atoms with E-state index in [1.54, 1.807) is 6.07 Å². The van der Waals surface area contributed by atoms with E-state index in [2.05, 4.69) is 5.32 Å². The van der Waals surface area contributed by atoms with Gasteiger partial charge in [-0.25, -0.2) is 4.79 Å². The fourth-order valence-electron chi connectivity index (χ4n) is 2.10. The molecule has 7 heteroatoms. The fourth-order valence-corrected chi connectivity index (χ4v) is 2.10. The average Bonchev–Trinajstić information content (AvgIpc) is 2.85. The Morgan fingerprint density at radius 2 is 2.15 bits per heavy atom. The van der Waals surface area contributed by atoms with E-state index in [9.17, 15) is 14.4 Å². The molecular weight excluding hydrogens is 264 g/mol. The second-order valence-corrected chi connectivity index (χ2v) is 4.93. The van der Waals surface area contributed by atoms with Crippen LogP contribution >= 0.6 is 0 Å². The van der Waals surface area contributed by atoms with E-state index < -0.39 is 23.3 Å². The van der Waals surface area contributed by atoms with Crippen LogP contribution in [0.25, 0.3) is 0 Å². The molecule has 0 aromatic carbocycles. The minimum Gasteiger partial charge on any atom is -0.480 e. The predicted molar refractivity (Wildman–Crippen MR) is 68.0 cm³/mol. The van der Waals surface area contributed by atoms with Crippen molar-refractivity contribution in [1.82, 2.24) is 10.2 Å². The molecule has 1 aliphatic carbocycles. The van der Waals surface area contributed by atoms with Crippen molar-refractivity contribution in [3.8, 4) is 0 Å². The van der Waals surface area contributed by atoms with Crippen molar-refractivity contribution >= 4 is 17.8 Å². The zero-order valence-electron chi connectivity index (χ0n) is 11.1. The number of hydrogen-bond donors (Lipinski definition) is 2. The third-order valence-corrected chi connectivity index (χ3v) is 3.45. The van der Waals surface area contributed by atoms with Crippen LogP contribution < -0.4 is 5.32 Å². The molecule has 20 heavy (non-hydrogen) atoms. The van der Waals surface area contributed by atoms with Gasteiger partial charge < -0.3 is 19.7 Å². The summed E-state index contributed by atoms with van der Waals surface area (Å²) in [6.45, 7) is -0.214. The highest BCUT2D eigenvalue weighted by Gasteiger charge is 2.45. The van der Waals surface area contributed by atoms with Crippen LogP contribution in [0.4, 0.5) is 0 Å². The lowest BCUT2D eigenvalue weighted by atomic mass is 9.77. The Kier molecular flexibility index (Phi) is 3.78. The summed E-state index contributed by atoms with van der Waals surface area (Å²) in [5.41, 5.74) is -1.16. The maximum atomic E-state index is 11.9. The lowest BCUT2D eigenvalue weighted by molar-refractivity contribution is -0.151. The van der Waals surface area contributed by atoms with E-state index >= 15 is 0 Å². The number of carbonyl (C=O) groups excluding carboxylic acids is 2. The normalized spacial score (nSPS) is 16.1. The molecule has 0 spiro atoms. The lowest BCUT2D eigenvalue weighted by Gasteiger charge is -2.38. The third-order valence-electron chi connectivity index (χ3n) is 3.45. The maximum Gasteiger partial charge on any atom is 0.329 e. The van der Waals surface area contributed by atoms with Gasteiger partial charge in [-0.1, -0.05) is 0 Å². The van der Waals surface area contributed by atoms with E-state index in [1.165, 1.54) is 24.3 Å². The molecule has 0 bridgehead atoms. The maximum absolute atomic E-state index is 11.9. The summed E-state index contributed by atoms with van der Waals surface area (Å²) in [5.74, 6) is -1.81. The van der Waals surface area contributed by atoms with Crippen LogP contribution in [0.1, 0.15) is 29.8 Å². The van der Waals surface area contributed by atoms with Gasteiger partial charge >= 0.3 is 5.97 Å². The van der Waals surface area contributed by atoms with E-state index in [-0.39, 0.29) is 12.3 Å². The minimum absolute atomic E-state index is 0.136. The van der Waals surface area contributed by atoms with Crippen molar-refractivity contribution in [2.75, 3.05) is 13.6 Å². The number of rotatable bonds is 5. The molecule has 1 fully saturated rings. The molecule has 1 aliphatic rings. The van der Waals surface area contributed by atoms with Crippen LogP contribution in [0.15, 0.2) is 22.8 Å². The SMILES string of the molecule is CN(CC(=O)NC1(C(=O)O)CCC1)C(=O)c1ccco1. The van der Waals surface area contributed by atoms with Gasteiger partial charge in [0.25, 0.3) is 5.91 Å². The highest BCUT2D eigenvalue weighted by molar-refractivity contribution is 5.95. The van der Waals surface area contributed by atoms with Crippen molar-refractivity contribution in [3.63, 3.8) is 0 Å². The Morgan fingerprint density at radius 3 is 2.60 bits per heavy atom. The van der Waals surface area contributed by atoms with Crippen LogP contribution in [-0.4, -0.2) is 46.9 Å². The van der Waals surface area contributed by atoms with Crippen molar-refractivity contribution in [1.29, 1.82) is 0 Å². The van der Waals surface area contributed by atoms with Crippen molar-refractivity contribution in [3.05, 3.63) is 24.2 Å². The van der Waals surface area contributed by atoms with Crippen molar-refractivity contribution in [2.24, 2.45) is 0 Å². The summed E-state index contributed by atoms with van der Waals surface area (Å²) in [7, 11) is 1.46. The van der Waals surface area contributed by atoms with Crippen molar-refractivity contribution in [2.45, 2.75) is 24.8 Å². The van der Waals surface area contributed by atoms with Crippen LogP contribution in [0.3, 0.4) is 0 Å². The molecule has 7 nitrogen and oxygen atoms in total. The standard InChI is InChI=1S/C13H16N2O5/c1-15(11(17)9-4-2-7-20-9)8-10(16)14-13(12(18)19)5-3-6-13/h2,4,7H,3,5-6,8H2,1H3,(H,14,16)(H,18,19). The summed E-state index contributed by atoms with van der Waals surface area (Å²) in [5, 5.41) is 11.6. The number of furan rings is 1. The first-order valence-electron chi connectivity index (χ1n) is 6.28. The number of amides is 2. The molecule has 108 valence electrons. The third kappa shape index (κ3) is 2.66. The van der Waals surface area contributed by atoms with Crippen LogP contribution in [-0.2, 0) is 9.59 Å². The fraction of sp³-hybridized carbons (Fsp3) is 0.462. The number of likely N-dealkylation sites (N-methyl/N-ethyl adjacent to an activating group) is 1. The number of carboxylic acid groups (broad SMARTS) is 1. The molecule has 1 aromatic heterocycles. The van der Waals surface area contributed by atoms with E-state index in [4.69, 9.17) is 9.52 Å². The largest absolute Gasteiger partial charge is 0.480 e. The summed E-state index contributed by atoms with van der Waals surface area (Å²) in [6, 6.07) is 3.08. The molecule has 2 amide bonds. The van der Waals surface area contributed by atoms with Crippen molar-refractivity contribution < 1.29 is 23.9 Å². The first kappa shape index (κ1) is 14.1. The number of nitrogens with zero attached hydrogens (tertiary/aromatic N) is 1. The van der Waals surface area contributed by atoms with E-state index in [0.717, 1.165) is 6.42 Å². The molecule has 0 unspecified atom stereocenters. The molecule has 0 radical (unpaired) electrons. The summed E-state index contributed by atoms with van der Waals surface area (Å²) < 4.78 is 4.95. The van der Waals surface area contributed by atoms with Gasteiger partial charge in [0.15, 0.2) is 5.76 Å². The summed E-state index contributed by atoms with van der Waals surface area (Å²) in [4.78, 5) is 36.0. The van der Waals surface area contributed by atoms with Gasteiger partial charge in [0.2, 0.25) is 5.91 Å². The molecule has 2 N–H and O–H groups in total. The molecule has 1 heterocycles. The van der Waals surface area contributed by atoms with Gasteiger partial charge in [-0.2, -0.15) is 0 Å². The highest BCUT2D eigenvalue weighted by Crippen LogP contribution is 2.31. The molecule has 0 aliphatic heterocycles. The first-order valence-corrected chi connectivity index (χ1v) is 6.28. The summed E-state index contributed by atoms with van der Waals surface area (Å²) in [6.07, 6.45) is 2.98. The van der Waals surface area contributed by atoms with Gasteiger partial charge in [-0.3, -0.25) is 9.59 Å². The summed E-state index contributed by atoms with van der Waals surface area (Å²) >= 11 is 0. The topological polar surface area (TPSA) is 99.9 Å². The molecular formula is C13H16N2O5. The van der Waals surface area contributed by atoms with Crippen LogP contribution in [0, 0.1) is 0 Å².